The minimum Gasteiger partial charge on any atom is -0.355 e. The molecule has 1 aromatic carbocycles. The molecule has 0 saturated carbocycles. The number of rotatable bonds is 3. The summed E-state index contributed by atoms with van der Waals surface area (Å²) in [6.07, 6.45) is -3.55. The van der Waals surface area contributed by atoms with Crippen molar-refractivity contribution in [3.8, 4) is 0 Å². The smallest absolute Gasteiger partial charge is 0.355 e. The molecule has 0 aliphatic carbocycles. The molecular weight excluding hydrogens is 409 g/mol. The van der Waals surface area contributed by atoms with Gasteiger partial charge in [-0.25, -0.2) is 0 Å². The molecule has 1 fully saturated rings. The average molecular weight is 425 g/mol. The summed E-state index contributed by atoms with van der Waals surface area (Å²) in [5.41, 5.74) is 0.580. The molecule has 1 aliphatic heterocycles. The molecule has 29 heavy (non-hydrogen) atoms. The molecule has 2 aromatic heterocycles. The van der Waals surface area contributed by atoms with Crippen molar-refractivity contribution in [1.29, 1.82) is 0 Å². The van der Waals surface area contributed by atoms with Crippen LogP contribution in [0, 0.1) is 5.92 Å². The first-order valence-electron chi connectivity index (χ1n) is 8.93. The molecule has 0 radical (unpaired) electrons. The first kappa shape index (κ1) is 19.4. The Morgan fingerprint density at radius 1 is 1.10 bits per heavy atom. The van der Waals surface area contributed by atoms with Gasteiger partial charge < -0.3 is 10.2 Å². The Bertz CT molecular complexity index is 1050. The van der Waals surface area contributed by atoms with Crippen molar-refractivity contribution >= 4 is 34.7 Å². The Hall–Kier alpha value is -2.88. The summed E-state index contributed by atoms with van der Waals surface area (Å²) < 4.78 is 39.8. The van der Waals surface area contributed by atoms with Crippen LogP contribution in [0.3, 0.4) is 0 Å². The zero-order chi connectivity index (χ0) is 20.6. The third-order valence-corrected chi connectivity index (χ3v) is 5.15. The van der Waals surface area contributed by atoms with Gasteiger partial charge >= 0.3 is 6.18 Å². The van der Waals surface area contributed by atoms with Crippen LogP contribution in [0.4, 0.5) is 24.7 Å². The molecule has 3 heterocycles. The molecule has 152 valence electrons. The lowest BCUT2D eigenvalue weighted by Gasteiger charge is -2.32. The molecule has 1 aliphatic rings. The minimum atomic E-state index is -4.64. The summed E-state index contributed by atoms with van der Waals surface area (Å²) in [5.74, 6) is -1.12. The summed E-state index contributed by atoms with van der Waals surface area (Å²) in [6, 6.07) is 10.0. The molecule has 7 nitrogen and oxygen atoms in total. The third kappa shape index (κ3) is 3.98. The van der Waals surface area contributed by atoms with E-state index in [4.69, 9.17) is 11.6 Å². The maximum absolute atomic E-state index is 13.0. The van der Waals surface area contributed by atoms with Gasteiger partial charge in [-0.05, 0) is 37.1 Å². The fraction of sp³-hybridized carbons (Fsp3) is 0.333. The summed E-state index contributed by atoms with van der Waals surface area (Å²) in [7, 11) is 0. The van der Waals surface area contributed by atoms with Gasteiger partial charge in [-0.2, -0.15) is 17.7 Å². The highest BCUT2D eigenvalue weighted by molar-refractivity contribution is 6.33. The summed E-state index contributed by atoms with van der Waals surface area (Å²) in [4.78, 5) is 14.4. The number of piperidine rings is 1. The quantitative estimate of drug-likeness (QED) is 0.694. The predicted octanol–water partition coefficient (Wildman–Crippen LogP) is 3.65. The lowest BCUT2D eigenvalue weighted by Crippen LogP contribution is -2.38. The average Bonchev–Trinajstić information content (AvgIpc) is 3.13. The third-order valence-electron chi connectivity index (χ3n) is 4.82. The van der Waals surface area contributed by atoms with Crippen LogP contribution in [-0.4, -0.2) is 38.8 Å². The number of fused-ring (bicyclic) bond motifs is 1. The predicted molar refractivity (Wildman–Crippen MR) is 101 cm³/mol. The van der Waals surface area contributed by atoms with Crippen molar-refractivity contribution < 1.29 is 18.0 Å². The van der Waals surface area contributed by atoms with Crippen LogP contribution < -0.4 is 10.2 Å². The van der Waals surface area contributed by atoms with Crippen molar-refractivity contribution in [2.75, 3.05) is 23.3 Å². The van der Waals surface area contributed by atoms with Crippen molar-refractivity contribution in [2.24, 2.45) is 5.92 Å². The Kier molecular flexibility index (Phi) is 5.03. The van der Waals surface area contributed by atoms with Crippen molar-refractivity contribution in [1.82, 2.24) is 19.8 Å². The van der Waals surface area contributed by atoms with Crippen LogP contribution in [0.15, 0.2) is 36.4 Å². The van der Waals surface area contributed by atoms with Crippen LogP contribution in [0.2, 0.25) is 5.02 Å². The van der Waals surface area contributed by atoms with E-state index in [1.165, 1.54) is 6.07 Å². The Morgan fingerprint density at radius 2 is 1.83 bits per heavy atom. The van der Waals surface area contributed by atoms with Gasteiger partial charge in [0.15, 0.2) is 5.65 Å². The Balaban J connectivity index is 1.44. The maximum Gasteiger partial charge on any atom is 0.453 e. The van der Waals surface area contributed by atoms with Crippen LogP contribution in [0.5, 0.6) is 0 Å². The number of anilines is 2. The number of carbonyl (C=O) groups is 1. The Morgan fingerprint density at radius 3 is 2.52 bits per heavy atom. The molecule has 1 N–H and O–H groups in total. The lowest BCUT2D eigenvalue weighted by molar-refractivity contribution is -0.146. The first-order chi connectivity index (χ1) is 13.8. The Labute approximate surface area is 168 Å². The van der Waals surface area contributed by atoms with Crippen LogP contribution in [-0.2, 0) is 11.0 Å². The molecule has 1 amide bonds. The number of hydrogen-bond donors (Lipinski definition) is 1. The highest BCUT2D eigenvalue weighted by atomic mass is 35.5. The van der Waals surface area contributed by atoms with Crippen LogP contribution in [0.1, 0.15) is 18.7 Å². The SMILES string of the molecule is O=C(Nc1ccccc1Cl)C1CCN(c2ccc3nnc(C(F)(F)F)n3n2)CC1. The van der Waals surface area contributed by atoms with E-state index in [0.717, 1.165) is 0 Å². The highest BCUT2D eigenvalue weighted by Crippen LogP contribution is 2.29. The van der Waals surface area contributed by atoms with Gasteiger partial charge in [0.25, 0.3) is 5.82 Å². The van der Waals surface area contributed by atoms with Gasteiger partial charge in [-0.1, -0.05) is 23.7 Å². The van der Waals surface area contributed by atoms with Crippen LogP contribution >= 0.6 is 11.6 Å². The molecule has 1 saturated heterocycles. The van der Waals surface area contributed by atoms with E-state index in [1.807, 2.05) is 4.90 Å². The van der Waals surface area contributed by atoms with Gasteiger partial charge in [-0.15, -0.1) is 15.3 Å². The van der Waals surface area contributed by atoms with Gasteiger partial charge in [0.05, 0.1) is 10.7 Å². The summed E-state index contributed by atoms with van der Waals surface area (Å²) in [5, 5.41) is 14.0. The second-order valence-electron chi connectivity index (χ2n) is 6.71. The van der Waals surface area contributed by atoms with E-state index in [0.29, 0.717) is 47.0 Å². The lowest BCUT2D eigenvalue weighted by atomic mass is 9.96. The fourth-order valence-corrected chi connectivity index (χ4v) is 3.48. The molecule has 0 atom stereocenters. The van der Waals surface area contributed by atoms with Crippen molar-refractivity contribution in [2.45, 2.75) is 19.0 Å². The maximum atomic E-state index is 13.0. The minimum absolute atomic E-state index is 0.0232. The van der Waals surface area contributed by atoms with E-state index in [-0.39, 0.29) is 17.5 Å². The molecule has 3 aromatic rings. The van der Waals surface area contributed by atoms with Gasteiger partial charge in [0.2, 0.25) is 5.91 Å². The zero-order valence-electron chi connectivity index (χ0n) is 15.0. The number of aromatic nitrogens is 4. The number of nitrogens with one attached hydrogen (secondary N) is 1. The first-order valence-corrected chi connectivity index (χ1v) is 9.31. The number of hydrogen-bond acceptors (Lipinski definition) is 5. The molecule has 0 bridgehead atoms. The molecular formula is C18H16ClF3N6O. The topological polar surface area (TPSA) is 75.4 Å². The van der Waals surface area contributed by atoms with E-state index in [2.05, 4.69) is 20.6 Å². The van der Waals surface area contributed by atoms with Crippen molar-refractivity contribution in [3.05, 3.63) is 47.2 Å². The van der Waals surface area contributed by atoms with E-state index in [1.54, 1.807) is 30.3 Å². The molecule has 11 heteroatoms. The number of nitrogens with zero attached hydrogens (tertiary/aromatic N) is 5. The number of carbonyl (C=O) groups excluding carboxylic acids is 1. The molecule has 0 unspecified atom stereocenters. The number of benzene rings is 1. The monoisotopic (exact) mass is 424 g/mol. The fourth-order valence-electron chi connectivity index (χ4n) is 3.29. The second kappa shape index (κ2) is 7.51. The largest absolute Gasteiger partial charge is 0.453 e. The zero-order valence-corrected chi connectivity index (χ0v) is 15.8. The van der Waals surface area contributed by atoms with E-state index >= 15 is 0 Å². The van der Waals surface area contributed by atoms with Crippen molar-refractivity contribution in [3.63, 3.8) is 0 Å². The standard InChI is InChI=1S/C18H16ClF3N6O/c19-12-3-1-2-4-13(12)23-16(29)11-7-9-27(10-8-11)15-6-5-14-24-25-17(18(20,21)22)28(14)26-15/h1-6,11H,7-10H2,(H,23,29). The summed E-state index contributed by atoms with van der Waals surface area (Å²) in [6.45, 7) is 0.977. The molecule has 0 spiro atoms. The van der Waals surface area contributed by atoms with Gasteiger partial charge in [0, 0.05) is 19.0 Å². The highest BCUT2D eigenvalue weighted by Gasteiger charge is 2.38. The number of alkyl halides is 3. The number of para-hydroxylation sites is 1. The normalized spacial score (nSPS) is 15.7. The number of amides is 1. The van der Waals surface area contributed by atoms with E-state index < -0.39 is 12.0 Å². The number of halogens is 4. The second-order valence-corrected chi connectivity index (χ2v) is 7.12. The van der Waals surface area contributed by atoms with E-state index in [9.17, 15) is 18.0 Å². The summed E-state index contributed by atoms with van der Waals surface area (Å²) >= 11 is 6.07. The van der Waals surface area contributed by atoms with Gasteiger partial charge in [-0.3, -0.25) is 4.79 Å². The molecule has 4 rings (SSSR count). The van der Waals surface area contributed by atoms with Crippen LogP contribution in [0.25, 0.3) is 5.65 Å². The van der Waals surface area contributed by atoms with Gasteiger partial charge in [0.1, 0.15) is 5.82 Å².